The fourth-order valence-electron chi connectivity index (χ4n) is 4.62. The molecule has 36 heavy (non-hydrogen) atoms. The first-order valence-electron chi connectivity index (χ1n) is 11.3. The van der Waals surface area contributed by atoms with Crippen molar-refractivity contribution in [1.29, 1.82) is 5.26 Å². The number of hydrogen-bond acceptors (Lipinski definition) is 5. The number of amides is 1. The maximum Gasteiger partial charge on any atom is 0.274 e. The maximum absolute atomic E-state index is 15.5. The average molecular weight is 510 g/mol. The number of likely N-dealkylation sites (tertiary alicyclic amines) is 1. The number of likely N-dealkylation sites (N-methyl/N-ethyl adjacent to an activating group) is 1. The van der Waals surface area contributed by atoms with Crippen LogP contribution in [0.2, 0.25) is 5.15 Å². The van der Waals surface area contributed by atoms with Gasteiger partial charge in [-0.3, -0.25) is 14.0 Å². The molecule has 1 fully saturated rings. The van der Waals surface area contributed by atoms with Crippen LogP contribution in [0.5, 0.6) is 0 Å². The lowest BCUT2D eigenvalue weighted by Crippen LogP contribution is -2.34. The zero-order chi connectivity index (χ0) is 25.7. The molecule has 11 heteroatoms. The van der Waals surface area contributed by atoms with E-state index in [0.29, 0.717) is 40.4 Å². The second kappa shape index (κ2) is 9.00. The second-order valence-corrected chi connectivity index (χ2v) is 9.13. The Morgan fingerprint density at radius 2 is 2.03 bits per heavy atom. The molecule has 1 amide bonds. The molecule has 3 heterocycles. The molecule has 1 aliphatic heterocycles. The predicted octanol–water partition coefficient (Wildman–Crippen LogP) is 3.97. The lowest BCUT2D eigenvalue weighted by Gasteiger charge is -2.16. The van der Waals surface area contributed by atoms with Crippen LogP contribution in [0.3, 0.4) is 0 Å². The van der Waals surface area contributed by atoms with Crippen molar-refractivity contribution in [2.24, 2.45) is 7.05 Å². The van der Waals surface area contributed by atoms with E-state index in [0.717, 1.165) is 12.5 Å². The van der Waals surface area contributed by atoms with Gasteiger partial charge in [-0.1, -0.05) is 11.6 Å². The highest BCUT2D eigenvalue weighted by Gasteiger charge is 2.31. The number of nitriles is 1. The Morgan fingerprint density at radius 1 is 1.25 bits per heavy atom. The van der Waals surface area contributed by atoms with Gasteiger partial charge in [-0.05, 0) is 44.7 Å². The summed E-state index contributed by atoms with van der Waals surface area (Å²) in [5.74, 6) is -1.47. The zero-order valence-corrected chi connectivity index (χ0v) is 20.6. The molecule has 0 radical (unpaired) electrons. The smallest absolute Gasteiger partial charge is 0.274 e. The third-order valence-corrected chi connectivity index (χ3v) is 7.06. The van der Waals surface area contributed by atoms with Crippen LogP contribution in [0, 0.1) is 29.9 Å². The van der Waals surface area contributed by atoms with Crippen LogP contribution < -0.4 is 5.32 Å². The molecular weight excluding hydrogens is 488 g/mol. The standard InChI is InChI=1S/C25H22ClF2N7O/c1-13-22(25(36)34-7-6-16(12-34)30-2)31-24(14-4-5-15(11-29)18(27)8-14)35(13)21-9-17-20(10-19(21)28)32-33(3)23(17)26/h4-5,8-10,16,30H,6-7,12H2,1-3H3/t16-/m0/s1. The number of carbonyl (C=O) groups excluding carboxylic acids is 1. The maximum atomic E-state index is 15.5. The molecule has 8 nitrogen and oxygen atoms in total. The predicted molar refractivity (Wildman–Crippen MR) is 131 cm³/mol. The van der Waals surface area contributed by atoms with Gasteiger partial charge in [0.2, 0.25) is 0 Å². The summed E-state index contributed by atoms with van der Waals surface area (Å²) in [6.45, 7) is 2.75. The van der Waals surface area contributed by atoms with Crippen LogP contribution in [-0.2, 0) is 7.05 Å². The topological polar surface area (TPSA) is 91.8 Å². The number of aryl methyl sites for hydroxylation is 1. The third kappa shape index (κ3) is 3.81. The van der Waals surface area contributed by atoms with Gasteiger partial charge in [0, 0.05) is 43.2 Å². The monoisotopic (exact) mass is 509 g/mol. The molecule has 2 aromatic carbocycles. The largest absolute Gasteiger partial charge is 0.336 e. The minimum absolute atomic E-state index is 0.0933. The van der Waals surface area contributed by atoms with Gasteiger partial charge in [-0.25, -0.2) is 13.8 Å². The molecule has 0 aliphatic carbocycles. The van der Waals surface area contributed by atoms with E-state index in [2.05, 4.69) is 15.4 Å². The van der Waals surface area contributed by atoms with Crippen LogP contribution in [-0.4, -0.2) is 56.3 Å². The number of halogens is 3. The summed E-state index contributed by atoms with van der Waals surface area (Å²) in [5, 5.41) is 17.4. The van der Waals surface area contributed by atoms with Crippen molar-refractivity contribution < 1.29 is 13.6 Å². The molecular formula is C25H22ClF2N7O. The summed E-state index contributed by atoms with van der Waals surface area (Å²) in [4.78, 5) is 19.7. The Morgan fingerprint density at radius 3 is 2.69 bits per heavy atom. The summed E-state index contributed by atoms with van der Waals surface area (Å²) in [7, 11) is 3.50. The van der Waals surface area contributed by atoms with Gasteiger partial charge in [0.25, 0.3) is 5.91 Å². The summed E-state index contributed by atoms with van der Waals surface area (Å²) in [6.07, 6.45) is 0.806. The van der Waals surface area contributed by atoms with Crippen molar-refractivity contribution in [3.8, 4) is 23.1 Å². The molecule has 4 aromatic rings. The van der Waals surface area contributed by atoms with Crippen molar-refractivity contribution in [1.82, 2.24) is 29.5 Å². The summed E-state index contributed by atoms with van der Waals surface area (Å²) in [5.41, 5.74) is 1.17. The molecule has 1 atom stereocenters. The number of aromatic nitrogens is 4. The number of benzene rings is 2. The van der Waals surface area contributed by atoms with E-state index in [-0.39, 0.29) is 34.7 Å². The fraction of sp³-hybridized carbons (Fsp3) is 0.280. The summed E-state index contributed by atoms with van der Waals surface area (Å²) < 4.78 is 33.0. The van der Waals surface area contributed by atoms with Crippen LogP contribution in [0.15, 0.2) is 30.3 Å². The van der Waals surface area contributed by atoms with Crippen molar-refractivity contribution in [2.75, 3.05) is 20.1 Å². The minimum Gasteiger partial charge on any atom is -0.336 e. The lowest BCUT2D eigenvalue weighted by molar-refractivity contribution is 0.0783. The number of fused-ring (bicyclic) bond motifs is 1. The van der Waals surface area contributed by atoms with Crippen molar-refractivity contribution in [3.05, 3.63) is 64.1 Å². The molecule has 0 saturated carbocycles. The van der Waals surface area contributed by atoms with E-state index < -0.39 is 11.6 Å². The van der Waals surface area contributed by atoms with Crippen molar-refractivity contribution in [3.63, 3.8) is 0 Å². The van der Waals surface area contributed by atoms with Crippen LogP contribution in [0.4, 0.5) is 8.78 Å². The zero-order valence-electron chi connectivity index (χ0n) is 19.8. The van der Waals surface area contributed by atoms with Gasteiger partial charge < -0.3 is 10.2 Å². The molecule has 5 rings (SSSR count). The average Bonchev–Trinajstić information content (AvgIpc) is 3.55. The van der Waals surface area contributed by atoms with E-state index in [1.807, 2.05) is 7.05 Å². The summed E-state index contributed by atoms with van der Waals surface area (Å²) in [6, 6.07) is 8.78. The Kier molecular flexibility index (Phi) is 5.98. The van der Waals surface area contributed by atoms with E-state index in [4.69, 9.17) is 16.9 Å². The number of carbonyl (C=O) groups is 1. The summed E-state index contributed by atoms with van der Waals surface area (Å²) >= 11 is 6.38. The van der Waals surface area contributed by atoms with Crippen LogP contribution in [0.1, 0.15) is 28.2 Å². The Bertz CT molecular complexity index is 1570. The third-order valence-electron chi connectivity index (χ3n) is 6.61. The highest BCUT2D eigenvalue weighted by atomic mass is 35.5. The van der Waals surface area contributed by atoms with E-state index in [1.165, 1.54) is 27.4 Å². The first kappa shape index (κ1) is 23.9. The van der Waals surface area contributed by atoms with Crippen LogP contribution in [0.25, 0.3) is 28.0 Å². The normalized spacial score (nSPS) is 15.6. The quantitative estimate of drug-likeness (QED) is 0.449. The van der Waals surface area contributed by atoms with Crippen molar-refractivity contribution in [2.45, 2.75) is 19.4 Å². The second-order valence-electron chi connectivity index (χ2n) is 8.77. The van der Waals surface area contributed by atoms with Gasteiger partial charge in [-0.15, -0.1) is 0 Å². The minimum atomic E-state index is -0.738. The SMILES string of the molecule is CN[C@H]1CCN(C(=O)c2nc(-c3ccc(C#N)c(F)c3)n(-c3cc4c(Cl)n(C)nc4cc3F)c2C)C1. The lowest BCUT2D eigenvalue weighted by atomic mass is 10.1. The Labute approximate surface area is 210 Å². The van der Waals surface area contributed by atoms with Gasteiger partial charge in [0.1, 0.15) is 34.4 Å². The van der Waals surface area contributed by atoms with Gasteiger partial charge >= 0.3 is 0 Å². The van der Waals surface area contributed by atoms with Crippen molar-refractivity contribution >= 4 is 28.4 Å². The Hall–Kier alpha value is -3.81. The highest BCUT2D eigenvalue weighted by molar-refractivity contribution is 6.34. The molecule has 184 valence electrons. The molecule has 2 aromatic heterocycles. The number of imidazole rings is 1. The first-order chi connectivity index (χ1) is 17.2. The molecule has 1 aliphatic rings. The van der Waals surface area contributed by atoms with Gasteiger partial charge in [0.15, 0.2) is 0 Å². The number of nitrogens with one attached hydrogen (secondary N) is 1. The number of rotatable bonds is 4. The van der Waals surface area contributed by atoms with Gasteiger partial charge in [-0.2, -0.15) is 10.4 Å². The molecule has 0 unspecified atom stereocenters. The van der Waals surface area contributed by atoms with E-state index >= 15 is 4.39 Å². The van der Waals surface area contributed by atoms with Crippen LogP contribution >= 0.6 is 11.6 Å². The number of nitrogens with zero attached hydrogens (tertiary/aromatic N) is 6. The first-order valence-corrected chi connectivity index (χ1v) is 11.7. The fourth-order valence-corrected chi connectivity index (χ4v) is 4.81. The molecule has 0 spiro atoms. The number of hydrogen-bond donors (Lipinski definition) is 1. The van der Waals surface area contributed by atoms with E-state index in [1.54, 1.807) is 31.0 Å². The Balaban J connectivity index is 1.73. The molecule has 1 saturated heterocycles. The van der Waals surface area contributed by atoms with E-state index in [9.17, 15) is 9.18 Å². The highest BCUT2D eigenvalue weighted by Crippen LogP contribution is 2.33. The molecule has 0 bridgehead atoms. The van der Waals surface area contributed by atoms with Gasteiger partial charge in [0.05, 0.1) is 22.5 Å². The molecule has 1 N–H and O–H groups in total.